The zero-order valence-corrected chi connectivity index (χ0v) is 17.6. The summed E-state index contributed by atoms with van der Waals surface area (Å²) in [5.74, 6) is 0. The van der Waals surface area contributed by atoms with Crippen LogP contribution in [0.2, 0.25) is 0 Å². The van der Waals surface area contributed by atoms with Gasteiger partial charge in [-0.15, -0.1) is 8.58 Å². The molecule has 1 aliphatic carbocycles. The van der Waals surface area contributed by atoms with Crippen LogP contribution in [0.4, 0.5) is 0 Å². The summed E-state index contributed by atoms with van der Waals surface area (Å²) >= 11 is 0. The molecule has 3 atom stereocenters. The largest absolute Gasteiger partial charge is 3.00 e. The van der Waals surface area contributed by atoms with E-state index in [1.807, 2.05) is 5.66 Å². The zero-order chi connectivity index (χ0) is 12.0. The van der Waals surface area contributed by atoms with Crippen LogP contribution in [0, 0.1) is 25.9 Å². The van der Waals surface area contributed by atoms with Crippen molar-refractivity contribution in [3.05, 3.63) is 20.5 Å². The van der Waals surface area contributed by atoms with Gasteiger partial charge in [0, 0.05) is 0 Å². The van der Waals surface area contributed by atoms with E-state index in [0.717, 1.165) is 22.8 Å². The Labute approximate surface area is 142 Å². The van der Waals surface area contributed by atoms with Gasteiger partial charge in [-0.1, -0.05) is 51.6 Å². The molecule has 0 aromatic heterocycles. The minimum absolute atomic E-state index is 0. The summed E-state index contributed by atoms with van der Waals surface area (Å²) < 4.78 is 0. The molecule has 0 aromatic carbocycles. The molecule has 3 unspecified atom stereocenters. The van der Waals surface area contributed by atoms with Gasteiger partial charge in [-0.25, -0.2) is 0 Å². The maximum atomic E-state index is 2.41. The van der Waals surface area contributed by atoms with Crippen molar-refractivity contribution in [3.8, 4) is 0 Å². The van der Waals surface area contributed by atoms with E-state index in [2.05, 4.69) is 27.2 Å². The number of rotatable bonds is 6. The van der Waals surface area contributed by atoms with Crippen LogP contribution in [0.5, 0.6) is 0 Å². The third-order valence-electron chi connectivity index (χ3n) is 4.08. The fraction of sp³-hybridized carbons (Fsp3) is 0.812. The second-order valence-corrected chi connectivity index (χ2v) is 8.03. The van der Waals surface area contributed by atoms with Gasteiger partial charge in [0.25, 0.3) is 0 Å². The molecular formula is C16H35P2Ti. The molecule has 0 aliphatic heterocycles. The van der Waals surface area contributed by atoms with Crippen molar-refractivity contribution in [1.29, 1.82) is 0 Å². The van der Waals surface area contributed by atoms with Crippen molar-refractivity contribution in [2.45, 2.75) is 64.5 Å². The molecule has 1 saturated carbocycles. The summed E-state index contributed by atoms with van der Waals surface area (Å²) in [4.78, 5) is 0. The van der Waals surface area contributed by atoms with Gasteiger partial charge in [0.15, 0.2) is 0 Å². The van der Waals surface area contributed by atoms with Gasteiger partial charge < -0.3 is 14.9 Å². The average molecular weight is 337 g/mol. The maximum Gasteiger partial charge on any atom is 3.00 e. The Hall–Kier alpha value is 1.57. The normalized spacial score (nSPS) is 23.1. The van der Waals surface area contributed by atoms with E-state index in [1.54, 1.807) is 0 Å². The van der Waals surface area contributed by atoms with E-state index in [0.29, 0.717) is 5.41 Å². The summed E-state index contributed by atoms with van der Waals surface area (Å²) in [5.41, 5.74) is 3.62. The molecule has 3 heteroatoms. The van der Waals surface area contributed by atoms with Crippen LogP contribution in [0.15, 0.2) is 0 Å². The first-order valence-electron chi connectivity index (χ1n) is 6.89. The Morgan fingerprint density at radius 2 is 1.63 bits per heavy atom. The Kier molecular flexibility index (Phi) is 17.8. The minimum Gasteiger partial charge on any atom is -0.358 e. The van der Waals surface area contributed by atoms with Gasteiger partial charge in [-0.3, -0.25) is 14.2 Å². The summed E-state index contributed by atoms with van der Waals surface area (Å²) in [5, 5.41) is 0. The predicted molar refractivity (Wildman–Crippen MR) is 94.4 cm³/mol. The average Bonchev–Trinajstić information content (AvgIpc) is 2.29. The van der Waals surface area contributed by atoms with Crippen LogP contribution < -0.4 is 0 Å². The van der Waals surface area contributed by atoms with E-state index in [-0.39, 0.29) is 36.6 Å². The van der Waals surface area contributed by atoms with Crippen LogP contribution in [0.3, 0.4) is 0 Å². The quantitative estimate of drug-likeness (QED) is 0.309. The Bertz CT molecular complexity index is 177. The van der Waals surface area contributed by atoms with E-state index in [1.165, 1.54) is 44.9 Å². The topological polar surface area (TPSA) is 0 Å². The van der Waals surface area contributed by atoms with Gasteiger partial charge in [-0.2, -0.15) is 12.8 Å². The van der Waals surface area contributed by atoms with Crippen LogP contribution in [0.1, 0.15) is 58.8 Å². The van der Waals surface area contributed by atoms with E-state index >= 15 is 0 Å². The molecule has 0 aromatic rings. The van der Waals surface area contributed by atoms with Crippen molar-refractivity contribution in [2.75, 3.05) is 13.3 Å². The standard InChI is InChI=1S/C14H29P2.2CH3.Ti/c1-5-7-14(8-6-2)10-12(15-3)9-13(11-14)16-4;;;/h12,15-16H,5-11H2,1-4H3;2*1H3;/q3*-1;+3. The Balaban J connectivity index is -0.000000853. The van der Waals surface area contributed by atoms with Crippen LogP contribution >= 0.6 is 17.2 Å². The number of hydrogen-bond donors (Lipinski definition) is 0. The van der Waals surface area contributed by atoms with E-state index in [9.17, 15) is 0 Å². The van der Waals surface area contributed by atoms with Gasteiger partial charge in [0.1, 0.15) is 0 Å². The minimum atomic E-state index is 0. The number of hydrogen-bond acceptors (Lipinski definition) is 0. The maximum absolute atomic E-state index is 2.41. The van der Waals surface area contributed by atoms with E-state index in [4.69, 9.17) is 0 Å². The predicted octanol–water partition coefficient (Wildman–Crippen LogP) is 6.17. The molecule has 1 fully saturated rings. The Morgan fingerprint density at radius 3 is 2.00 bits per heavy atom. The first-order chi connectivity index (χ1) is 7.69. The van der Waals surface area contributed by atoms with Crippen LogP contribution in [-0.4, -0.2) is 19.0 Å². The molecule has 1 rings (SSSR count). The van der Waals surface area contributed by atoms with Gasteiger partial charge in [0.05, 0.1) is 0 Å². The summed E-state index contributed by atoms with van der Waals surface area (Å²) in [7, 11) is 2.25. The van der Waals surface area contributed by atoms with Crippen LogP contribution in [-0.2, 0) is 21.7 Å². The van der Waals surface area contributed by atoms with Crippen molar-refractivity contribution in [2.24, 2.45) is 5.41 Å². The summed E-state index contributed by atoms with van der Waals surface area (Å²) in [6.07, 6.45) is 10.1. The van der Waals surface area contributed by atoms with Crippen LogP contribution in [0.25, 0.3) is 0 Å². The molecule has 0 spiro atoms. The molecule has 0 amide bonds. The SMILES string of the molecule is CCCC1(CCC)C[C-](PC)CC(PC)C1.[CH3-].[CH3-].[Ti+3]. The van der Waals surface area contributed by atoms with Gasteiger partial charge in [-0.05, 0) is 18.7 Å². The zero-order valence-electron chi connectivity index (χ0n) is 14.0. The second-order valence-electron chi connectivity index (χ2n) is 5.42. The third kappa shape index (κ3) is 7.95. The fourth-order valence-electron chi connectivity index (χ4n) is 3.45. The summed E-state index contributed by atoms with van der Waals surface area (Å²) in [6, 6.07) is 0. The molecule has 0 bridgehead atoms. The molecule has 1 radical (unpaired) electrons. The molecule has 113 valence electrons. The fourth-order valence-corrected chi connectivity index (χ4v) is 5.74. The van der Waals surface area contributed by atoms with Crippen molar-refractivity contribution < 1.29 is 21.7 Å². The first kappa shape index (κ1) is 25.5. The Morgan fingerprint density at radius 1 is 1.11 bits per heavy atom. The molecule has 0 N–H and O–H groups in total. The first-order valence-corrected chi connectivity index (χ1v) is 9.97. The summed E-state index contributed by atoms with van der Waals surface area (Å²) in [6.45, 7) is 9.53. The van der Waals surface area contributed by atoms with Crippen molar-refractivity contribution in [1.82, 2.24) is 0 Å². The monoisotopic (exact) mass is 337 g/mol. The van der Waals surface area contributed by atoms with Crippen molar-refractivity contribution >= 4 is 17.2 Å². The molecular weight excluding hydrogens is 302 g/mol. The molecule has 0 saturated heterocycles. The smallest absolute Gasteiger partial charge is 0.358 e. The van der Waals surface area contributed by atoms with Crippen molar-refractivity contribution in [3.63, 3.8) is 0 Å². The van der Waals surface area contributed by atoms with Gasteiger partial charge >= 0.3 is 21.7 Å². The molecule has 0 heterocycles. The molecule has 0 nitrogen and oxygen atoms in total. The van der Waals surface area contributed by atoms with E-state index < -0.39 is 0 Å². The molecule has 19 heavy (non-hydrogen) atoms. The third-order valence-corrected chi connectivity index (χ3v) is 6.40. The van der Waals surface area contributed by atoms with Gasteiger partial charge in [0.2, 0.25) is 0 Å². The second kappa shape index (κ2) is 13.3. The molecule has 1 aliphatic rings.